The Morgan fingerprint density at radius 3 is 1.78 bits per heavy atom. The maximum absolute atomic E-state index is 13.0. The van der Waals surface area contributed by atoms with Gasteiger partial charge in [0, 0.05) is 11.4 Å². The van der Waals surface area contributed by atoms with E-state index in [0.717, 1.165) is 22.5 Å². The number of amides is 2. The van der Waals surface area contributed by atoms with Crippen LogP contribution in [0.2, 0.25) is 0 Å². The van der Waals surface area contributed by atoms with E-state index in [1.807, 2.05) is 109 Å². The highest BCUT2D eigenvalue weighted by molar-refractivity contribution is 6.03. The molecule has 0 unspecified atom stereocenters. The molecule has 41 heavy (non-hydrogen) atoms. The van der Waals surface area contributed by atoms with Gasteiger partial charge >= 0.3 is 12.0 Å². The number of hydrogen-bond donors (Lipinski definition) is 3. The molecule has 0 atom stereocenters. The average Bonchev–Trinajstić information content (AvgIpc) is 3.02. The molecule has 204 valence electrons. The Labute approximate surface area is 238 Å². The van der Waals surface area contributed by atoms with Gasteiger partial charge in [-0.25, -0.2) is 9.59 Å². The van der Waals surface area contributed by atoms with Crippen LogP contribution in [-0.4, -0.2) is 19.1 Å². The van der Waals surface area contributed by atoms with Gasteiger partial charge in [-0.2, -0.15) is 0 Å². The van der Waals surface area contributed by atoms with Gasteiger partial charge in [0.15, 0.2) is 0 Å². The van der Waals surface area contributed by atoms with Crippen LogP contribution in [0.4, 0.5) is 27.5 Å². The summed E-state index contributed by atoms with van der Waals surface area (Å²) in [5, 5.41) is 8.98. The maximum atomic E-state index is 13.0. The monoisotopic (exact) mass is 543 g/mol. The van der Waals surface area contributed by atoms with Crippen LogP contribution in [0.25, 0.3) is 0 Å². The number of carbonyl (C=O) groups excluding carboxylic acids is 2. The number of carbonyl (C=O) groups is 2. The summed E-state index contributed by atoms with van der Waals surface area (Å²) in [5.74, 6) is -0.251. The zero-order valence-corrected chi connectivity index (χ0v) is 22.4. The number of esters is 1. The van der Waals surface area contributed by atoms with Crippen molar-refractivity contribution >= 4 is 34.7 Å². The average molecular weight is 544 g/mol. The van der Waals surface area contributed by atoms with Crippen molar-refractivity contribution in [3.63, 3.8) is 0 Å². The summed E-state index contributed by atoms with van der Waals surface area (Å²) in [6.07, 6.45) is -0.462. The summed E-state index contributed by atoms with van der Waals surface area (Å²) in [5.41, 5.74) is 4.67. The summed E-state index contributed by atoms with van der Waals surface area (Å²) >= 11 is 0. The fourth-order valence-electron chi connectivity index (χ4n) is 4.35. The quantitative estimate of drug-likeness (QED) is 0.164. The van der Waals surface area contributed by atoms with Gasteiger partial charge in [0.25, 0.3) is 0 Å². The lowest BCUT2D eigenvalue weighted by Crippen LogP contribution is -2.20. The highest BCUT2D eigenvalue weighted by Crippen LogP contribution is 2.33. The van der Waals surface area contributed by atoms with E-state index in [-0.39, 0.29) is 5.56 Å². The van der Waals surface area contributed by atoms with E-state index in [9.17, 15) is 9.59 Å². The SMILES string of the molecule is COC(=O)c1cc(NC(=O)Nc2ccccc2Nc2ccccc2)ccc1OC(c1ccccc1)c1ccccc1. The molecule has 0 aliphatic heterocycles. The normalized spacial score (nSPS) is 10.5. The summed E-state index contributed by atoms with van der Waals surface area (Å²) in [4.78, 5) is 25.8. The second kappa shape index (κ2) is 13.0. The first-order valence-electron chi connectivity index (χ1n) is 13.1. The number of methoxy groups -OCH3 is 1. The Morgan fingerprint density at radius 1 is 0.610 bits per heavy atom. The van der Waals surface area contributed by atoms with E-state index in [1.54, 1.807) is 24.3 Å². The van der Waals surface area contributed by atoms with Gasteiger partial charge in [-0.1, -0.05) is 91.0 Å². The molecule has 0 saturated heterocycles. The molecule has 0 radical (unpaired) electrons. The third-order valence-electron chi connectivity index (χ3n) is 6.32. The first-order valence-corrected chi connectivity index (χ1v) is 13.1. The number of benzene rings is 5. The van der Waals surface area contributed by atoms with Crippen LogP contribution < -0.4 is 20.7 Å². The topological polar surface area (TPSA) is 88.7 Å². The van der Waals surface area contributed by atoms with Crippen LogP contribution in [0.5, 0.6) is 5.75 Å². The van der Waals surface area contributed by atoms with Crippen molar-refractivity contribution in [1.29, 1.82) is 0 Å². The van der Waals surface area contributed by atoms with Gasteiger partial charge in [0.1, 0.15) is 17.4 Å². The highest BCUT2D eigenvalue weighted by atomic mass is 16.5. The van der Waals surface area contributed by atoms with Crippen molar-refractivity contribution in [3.05, 3.63) is 150 Å². The molecule has 0 aromatic heterocycles. The Balaban J connectivity index is 1.37. The molecule has 3 N–H and O–H groups in total. The lowest BCUT2D eigenvalue weighted by Gasteiger charge is -2.22. The zero-order chi connectivity index (χ0) is 28.4. The van der Waals surface area contributed by atoms with Crippen LogP contribution in [0.1, 0.15) is 27.6 Å². The first kappa shape index (κ1) is 27.0. The summed E-state index contributed by atoms with van der Waals surface area (Å²) < 4.78 is 11.5. The minimum Gasteiger partial charge on any atom is -0.480 e. The molecule has 7 nitrogen and oxygen atoms in total. The van der Waals surface area contributed by atoms with Crippen molar-refractivity contribution in [2.45, 2.75) is 6.10 Å². The lowest BCUT2D eigenvalue weighted by atomic mass is 10.0. The summed E-state index contributed by atoms with van der Waals surface area (Å²) in [6, 6.07) is 41.0. The van der Waals surface area contributed by atoms with Crippen molar-refractivity contribution in [2.24, 2.45) is 0 Å². The van der Waals surface area contributed by atoms with Crippen LogP contribution in [-0.2, 0) is 4.74 Å². The van der Waals surface area contributed by atoms with Crippen molar-refractivity contribution in [3.8, 4) is 5.75 Å². The molecule has 0 spiro atoms. The predicted octanol–water partition coefficient (Wildman–Crippen LogP) is 8.03. The largest absolute Gasteiger partial charge is 0.480 e. The van der Waals surface area contributed by atoms with E-state index in [2.05, 4.69) is 16.0 Å². The number of rotatable bonds is 9. The predicted molar refractivity (Wildman–Crippen MR) is 162 cm³/mol. The van der Waals surface area contributed by atoms with Crippen molar-refractivity contribution in [2.75, 3.05) is 23.1 Å². The smallest absolute Gasteiger partial charge is 0.341 e. The van der Waals surface area contributed by atoms with E-state index >= 15 is 0 Å². The summed E-state index contributed by atoms with van der Waals surface area (Å²) in [7, 11) is 1.31. The number of anilines is 4. The fraction of sp³-hybridized carbons (Fsp3) is 0.0588. The molecular weight excluding hydrogens is 514 g/mol. The molecule has 7 heteroatoms. The third kappa shape index (κ3) is 6.91. The van der Waals surface area contributed by atoms with Gasteiger partial charge in [-0.15, -0.1) is 0 Å². The van der Waals surface area contributed by atoms with Crippen LogP contribution in [0.15, 0.2) is 133 Å². The molecule has 5 aromatic carbocycles. The molecule has 5 aromatic rings. The van der Waals surface area contributed by atoms with E-state index in [0.29, 0.717) is 17.1 Å². The molecule has 0 aliphatic rings. The molecule has 2 amide bonds. The molecule has 5 rings (SSSR count). The Morgan fingerprint density at radius 2 is 1.17 bits per heavy atom. The minimum absolute atomic E-state index is 0.188. The van der Waals surface area contributed by atoms with Gasteiger partial charge < -0.3 is 25.4 Å². The Hall–Kier alpha value is -5.56. The van der Waals surface area contributed by atoms with Gasteiger partial charge in [0.05, 0.1) is 18.5 Å². The Bertz CT molecular complexity index is 1570. The maximum Gasteiger partial charge on any atom is 0.341 e. The van der Waals surface area contributed by atoms with Gasteiger partial charge in [-0.3, -0.25) is 0 Å². The van der Waals surface area contributed by atoms with Gasteiger partial charge in [-0.05, 0) is 53.6 Å². The standard InChI is InChI=1S/C34H29N3O4/c1-40-33(38)28-23-27(36-34(39)37-30-20-12-11-19-29(30)35-26-17-9-4-10-18-26)21-22-31(28)41-32(24-13-5-2-6-14-24)25-15-7-3-8-16-25/h2-23,32,35H,1H3,(H2,36,37,39). The zero-order valence-electron chi connectivity index (χ0n) is 22.4. The second-order valence-corrected chi connectivity index (χ2v) is 9.14. The highest BCUT2D eigenvalue weighted by Gasteiger charge is 2.21. The molecule has 0 aliphatic carbocycles. The van der Waals surface area contributed by atoms with Crippen LogP contribution in [0, 0.1) is 0 Å². The molecule has 0 fully saturated rings. The van der Waals surface area contributed by atoms with Crippen molar-refractivity contribution < 1.29 is 19.1 Å². The summed E-state index contributed by atoms with van der Waals surface area (Å²) in [6.45, 7) is 0. The first-order chi connectivity index (χ1) is 20.1. The fourth-order valence-corrected chi connectivity index (χ4v) is 4.35. The number of urea groups is 1. The van der Waals surface area contributed by atoms with Crippen molar-refractivity contribution in [1.82, 2.24) is 0 Å². The number of para-hydroxylation sites is 3. The van der Waals surface area contributed by atoms with E-state index < -0.39 is 18.1 Å². The van der Waals surface area contributed by atoms with E-state index in [4.69, 9.17) is 9.47 Å². The van der Waals surface area contributed by atoms with Gasteiger partial charge in [0.2, 0.25) is 0 Å². The number of ether oxygens (including phenoxy) is 2. The minimum atomic E-state index is -0.582. The molecule has 0 heterocycles. The lowest BCUT2D eigenvalue weighted by molar-refractivity contribution is 0.0594. The molecular formula is C34H29N3O4. The number of hydrogen-bond acceptors (Lipinski definition) is 5. The molecule has 0 saturated carbocycles. The van der Waals surface area contributed by atoms with E-state index in [1.165, 1.54) is 7.11 Å². The van der Waals surface area contributed by atoms with Crippen LogP contribution >= 0.6 is 0 Å². The second-order valence-electron chi connectivity index (χ2n) is 9.14. The third-order valence-corrected chi connectivity index (χ3v) is 6.32. The van der Waals surface area contributed by atoms with Crippen LogP contribution in [0.3, 0.4) is 0 Å². The molecule has 0 bridgehead atoms. The Kier molecular flexibility index (Phi) is 8.56. The number of nitrogens with one attached hydrogen (secondary N) is 3.